The molecule has 0 aliphatic carbocycles. The zero-order valence-electron chi connectivity index (χ0n) is 12.0. The Morgan fingerprint density at radius 3 is 1.46 bits per heavy atom. The van der Waals surface area contributed by atoms with Crippen LogP contribution in [-0.4, -0.2) is 23.7 Å². The maximum absolute atomic E-state index is 11.5. The molecule has 0 heterocycles. The van der Waals surface area contributed by atoms with E-state index in [0.717, 1.165) is 0 Å². The Hall–Kier alpha value is -1.46. The molecule has 4 nitrogen and oxygen atoms in total. The molecule has 0 unspecified atom stereocenters. The molecule has 126 valence electrons. The normalized spacial score (nSPS) is 10.3. The molecule has 0 bridgehead atoms. The third-order valence-electron chi connectivity index (χ3n) is 2.87. The zero-order valence-corrected chi connectivity index (χ0v) is 15.0. The van der Waals surface area contributed by atoms with Gasteiger partial charge in [-0.1, -0.05) is 35.3 Å². The molecular formula is C16H10Cl4O4. The Morgan fingerprint density at radius 1 is 0.750 bits per heavy atom. The van der Waals surface area contributed by atoms with Crippen molar-refractivity contribution in [3.8, 4) is 22.6 Å². The van der Waals surface area contributed by atoms with Gasteiger partial charge in [-0.2, -0.15) is 0 Å². The molecule has 0 spiro atoms. The number of carbonyl (C=O) groups is 2. The van der Waals surface area contributed by atoms with E-state index in [0.29, 0.717) is 11.1 Å². The first-order valence-electron chi connectivity index (χ1n) is 6.58. The van der Waals surface area contributed by atoms with Crippen LogP contribution in [-0.2, 0) is 9.59 Å². The average Bonchev–Trinajstić information content (AvgIpc) is 2.56. The van der Waals surface area contributed by atoms with Gasteiger partial charge in [0.05, 0.1) is 10.0 Å². The van der Waals surface area contributed by atoms with Crippen LogP contribution in [0.15, 0.2) is 36.4 Å². The third kappa shape index (κ3) is 4.33. The van der Waals surface area contributed by atoms with Crippen LogP contribution in [0, 0.1) is 0 Å². The van der Waals surface area contributed by atoms with Crippen LogP contribution in [0.25, 0.3) is 11.1 Å². The van der Waals surface area contributed by atoms with Gasteiger partial charge in [0.15, 0.2) is 0 Å². The van der Waals surface area contributed by atoms with E-state index < -0.39 is 11.9 Å². The lowest BCUT2D eigenvalue weighted by Gasteiger charge is -2.16. The lowest BCUT2D eigenvalue weighted by molar-refractivity contribution is -0.132. The first-order chi connectivity index (χ1) is 11.5. The largest absolute Gasteiger partial charge is 0.425 e. The van der Waals surface area contributed by atoms with E-state index in [1.54, 1.807) is 24.3 Å². The summed E-state index contributed by atoms with van der Waals surface area (Å²) in [6.45, 7) is 0. The Balaban J connectivity index is 2.63. The first-order valence-corrected chi connectivity index (χ1v) is 8.41. The van der Waals surface area contributed by atoms with Gasteiger partial charge < -0.3 is 9.47 Å². The SMILES string of the molecule is O=C(CCl)Oc1cccc(Cl)c1-c1c(Cl)cccc1OC(=O)CCl. The summed E-state index contributed by atoms with van der Waals surface area (Å²) in [5.74, 6) is -1.70. The summed E-state index contributed by atoms with van der Waals surface area (Å²) in [5.41, 5.74) is 0.612. The van der Waals surface area contributed by atoms with E-state index in [9.17, 15) is 9.59 Å². The summed E-state index contributed by atoms with van der Waals surface area (Å²) in [4.78, 5) is 23.1. The molecule has 0 fully saturated rings. The fraction of sp³-hybridized carbons (Fsp3) is 0.125. The first kappa shape index (κ1) is 18.9. The number of benzene rings is 2. The highest BCUT2D eigenvalue weighted by Crippen LogP contribution is 2.45. The third-order valence-corrected chi connectivity index (χ3v) is 3.93. The number of carbonyl (C=O) groups excluding carboxylic acids is 2. The molecule has 0 saturated carbocycles. The summed E-state index contributed by atoms with van der Waals surface area (Å²) in [6, 6.07) is 9.44. The van der Waals surface area contributed by atoms with E-state index in [1.165, 1.54) is 12.1 Å². The molecule has 0 aromatic heterocycles. The molecule has 0 saturated heterocycles. The van der Waals surface area contributed by atoms with E-state index in [-0.39, 0.29) is 33.3 Å². The van der Waals surface area contributed by atoms with E-state index in [1.807, 2.05) is 0 Å². The smallest absolute Gasteiger partial charge is 0.326 e. The second-order valence-corrected chi connectivity index (χ2v) is 5.79. The van der Waals surface area contributed by atoms with Crippen LogP contribution in [0.3, 0.4) is 0 Å². The van der Waals surface area contributed by atoms with Crippen molar-refractivity contribution in [3.63, 3.8) is 0 Å². The van der Waals surface area contributed by atoms with Crippen molar-refractivity contribution < 1.29 is 19.1 Å². The van der Waals surface area contributed by atoms with Crippen LogP contribution < -0.4 is 9.47 Å². The van der Waals surface area contributed by atoms with Crippen molar-refractivity contribution >= 4 is 58.3 Å². The van der Waals surface area contributed by atoms with Gasteiger partial charge in [0.25, 0.3) is 0 Å². The van der Waals surface area contributed by atoms with Crippen molar-refractivity contribution in [1.29, 1.82) is 0 Å². The van der Waals surface area contributed by atoms with Crippen molar-refractivity contribution in [3.05, 3.63) is 46.4 Å². The molecule has 0 atom stereocenters. The van der Waals surface area contributed by atoms with Crippen LogP contribution in [0.4, 0.5) is 0 Å². The maximum Gasteiger partial charge on any atom is 0.326 e. The fourth-order valence-corrected chi connectivity index (χ4v) is 2.59. The highest BCUT2D eigenvalue weighted by atomic mass is 35.5. The molecule has 0 N–H and O–H groups in total. The molecule has 2 rings (SSSR count). The van der Waals surface area contributed by atoms with Gasteiger partial charge in [0, 0.05) is 11.1 Å². The highest BCUT2D eigenvalue weighted by Gasteiger charge is 2.21. The van der Waals surface area contributed by atoms with Crippen molar-refractivity contribution in [1.82, 2.24) is 0 Å². The van der Waals surface area contributed by atoms with Gasteiger partial charge >= 0.3 is 11.9 Å². The lowest BCUT2D eigenvalue weighted by Crippen LogP contribution is -2.11. The van der Waals surface area contributed by atoms with Gasteiger partial charge in [0.1, 0.15) is 23.3 Å². The molecule has 0 amide bonds. The van der Waals surface area contributed by atoms with Crippen LogP contribution in [0.1, 0.15) is 0 Å². The number of hydrogen-bond acceptors (Lipinski definition) is 4. The van der Waals surface area contributed by atoms with Crippen LogP contribution >= 0.6 is 46.4 Å². The summed E-state index contributed by atoms with van der Waals surface area (Å²) in [6.07, 6.45) is 0. The van der Waals surface area contributed by atoms with E-state index in [2.05, 4.69) is 0 Å². The summed E-state index contributed by atoms with van der Waals surface area (Å²) in [5, 5.41) is 0.511. The standard InChI is InChI=1S/C16H10Cl4O4/c17-7-13(21)23-11-5-1-3-9(19)15(11)16-10(20)4-2-6-12(16)24-14(22)8-18/h1-6H,7-8H2. The minimum atomic E-state index is -0.661. The van der Waals surface area contributed by atoms with Crippen molar-refractivity contribution in [2.24, 2.45) is 0 Å². The Bertz CT molecular complexity index is 711. The molecule has 0 aliphatic heterocycles. The number of alkyl halides is 2. The van der Waals surface area contributed by atoms with Crippen molar-refractivity contribution in [2.75, 3.05) is 11.8 Å². The van der Waals surface area contributed by atoms with Gasteiger partial charge in [-0.05, 0) is 24.3 Å². The fourth-order valence-electron chi connectivity index (χ4n) is 1.96. The highest BCUT2D eigenvalue weighted by molar-refractivity contribution is 6.37. The predicted octanol–water partition coefficient (Wildman–Crippen LogP) is 4.95. The topological polar surface area (TPSA) is 52.6 Å². The van der Waals surface area contributed by atoms with E-state index in [4.69, 9.17) is 55.9 Å². The zero-order chi connectivity index (χ0) is 17.7. The summed E-state index contributed by atoms with van der Waals surface area (Å²) in [7, 11) is 0. The number of esters is 2. The number of ether oxygens (including phenoxy) is 2. The number of halogens is 4. The van der Waals surface area contributed by atoms with Gasteiger partial charge in [0.2, 0.25) is 0 Å². The Morgan fingerprint density at radius 2 is 1.12 bits per heavy atom. The van der Waals surface area contributed by atoms with Crippen molar-refractivity contribution in [2.45, 2.75) is 0 Å². The van der Waals surface area contributed by atoms with Crippen LogP contribution in [0.2, 0.25) is 10.0 Å². The second kappa shape index (κ2) is 8.58. The molecule has 24 heavy (non-hydrogen) atoms. The maximum atomic E-state index is 11.5. The van der Waals surface area contributed by atoms with Gasteiger partial charge in [-0.25, -0.2) is 0 Å². The van der Waals surface area contributed by atoms with Crippen LogP contribution in [0.5, 0.6) is 11.5 Å². The van der Waals surface area contributed by atoms with Gasteiger partial charge in [-0.3, -0.25) is 9.59 Å². The molecular weight excluding hydrogens is 398 g/mol. The number of hydrogen-bond donors (Lipinski definition) is 0. The minimum Gasteiger partial charge on any atom is -0.425 e. The summed E-state index contributed by atoms with van der Waals surface area (Å²) >= 11 is 23.5. The monoisotopic (exact) mass is 406 g/mol. The average molecular weight is 408 g/mol. The Kier molecular flexibility index (Phi) is 6.75. The second-order valence-electron chi connectivity index (χ2n) is 4.44. The van der Waals surface area contributed by atoms with E-state index >= 15 is 0 Å². The predicted molar refractivity (Wildman–Crippen MR) is 94.6 cm³/mol. The quantitative estimate of drug-likeness (QED) is 0.399. The molecule has 8 heteroatoms. The summed E-state index contributed by atoms with van der Waals surface area (Å²) < 4.78 is 10.4. The molecule has 0 radical (unpaired) electrons. The van der Waals surface area contributed by atoms with Gasteiger partial charge in [-0.15, -0.1) is 23.2 Å². The minimum absolute atomic E-state index is 0.143. The number of rotatable bonds is 5. The lowest BCUT2D eigenvalue weighted by atomic mass is 10.0. The molecule has 2 aromatic rings. The molecule has 0 aliphatic rings. The molecule has 2 aromatic carbocycles. The Labute approximate surface area is 158 Å².